The van der Waals surface area contributed by atoms with Crippen molar-refractivity contribution in [1.29, 1.82) is 0 Å². The van der Waals surface area contributed by atoms with Gasteiger partial charge in [-0.15, -0.1) is 0 Å². The lowest BCUT2D eigenvalue weighted by Gasteiger charge is -2.45. The zero-order valence-corrected chi connectivity index (χ0v) is 11.8. The Kier molecular flexibility index (Phi) is 3.47. The number of rotatable bonds is 3. The van der Waals surface area contributed by atoms with Crippen molar-refractivity contribution in [3.63, 3.8) is 0 Å². The van der Waals surface area contributed by atoms with Gasteiger partial charge in [-0.05, 0) is 30.2 Å². The number of halogens is 1. The first-order chi connectivity index (χ1) is 10.1. The highest BCUT2D eigenvalue weighted by Gasteiger charge is 2.45. The molecule has 2 N–H and O–H groups in total. The molecule has 1 aliphatic rings. The molecule has 4 heteroatoms. The largest absolute Gasteiger partial charge is 0.328 e. The molecule has 1 heterocycles. The fraction of sp³-hybridized carbons (Fsp3) is 0.235. The van der Waals surface area contributed by atoms with Crippen LogP contribution >= 0.6 is 0 Å². The summed E-state index contributed by atoms with van der Waals surface area (Å²) in [7, 11) is 0. The second-order valence-electron chi connectivity index (χ2n) is 5.47. The number of aryl methyl sites for hydroxylation is 1. The fourth-order valence-corrected chi connectivity index (χ4v) is 2.69. The molecule has 2 atom stereocenters. The monoisotopic (exact) mass is 284 g/mol. The molecule has 2 aromatic rings. The number of hydrogen-bond donors (Lipinski definition) is 1. The number of likely N-dealkylation sites (tertiary alicyclic amines) is 1. The topological polar surface area (TPSA) is 46.3 Å². The lowest BCUT2D eigenvalue weighted by atomic mass is 9.88. The van der Waals surface area contributed by atoms with Crippen LogP contribution in [-0.4, -0.2) is 16.8 Å². The van der Waals surface area contributed by atoms with Gasteiger partial charge >= 0.3 is 0 Å². The molecule has 0 saturated carbocycles. The van der Waals surface area contributed by atoms with E-state index >= 15 is 0 Å². The Labute approximate surface area is 123 Å². The van der Waals surface area contributed by atoms with Gasteiger partial charge in [-0.2, -0.15) is 0 Å². The van der Waals surface area contributed by atoms with Crippen LogP contribution in [0.15, 0.2) is 48.5 Å². The second-order valence-corrected chi connectivity index (χ2v) is 5.47. The molecule has 3 nitrogen and oxygen atoms in total. The van der Waals surface area contributed by atoms with E-state index < -0.39 is 6.04 Å². The normalized spacial score (nSPS) is 21.3. The molecular formula is C17H17FN2O. The van der Waals surface area contributed by atoms with Crippen LogP contribution in [0.4, 0.5) is 4.39 Å². The SMILES string of the molecule is Cc1ccc([C@H]2[C@H](N)C(=O)N2Cc2ccc(F)cc2)cc1. The molecule has 1 amide bonds. The van der Waals surface area contributed by atoms with Crippen molar-refractivity contribution in [3.8, 4) is 0 Å². The molecule has 108 valence electrons. The van der Waals surface area contributed by atoms with E-state index in [9.17, 15) is 9.18 Å². The number of hydrogen-bond acceptors (Lipinski definition) is 2. The van der Waals surface area contributed by atoms with Crippen LogP contribution in [0.3, 0.4) is 0 Å². The maximum Gasteiger partial charge on any atom is 0.242 e. The van der Waals surface area contributed by atoms with Gasteiger partial charge in [0.1, 0.15) is 11.9 Å². The summed E-state index contributed by atoms with van der Waals surface area (Å²) in [4.78, 5) is 13.7. The van der Waals surface area contributed by atoms with Crippen molar-refractivity contribution < 1.29 is 9.18 Å². The average molecular weight is 284 g/mol. The van der Waals surface area contributed by atoms with E-state index in [0.717, 1.165) is 11.1 Å². The number of nitrogens with zero attached hydrogens (tertiary/aromatic N) is 1. The molecule has 1 fully saturated rings. The van der Waals surface area contributed by atoms with Crippen molar-refractivity contribution in [2.24, 2.45) is 5.73 Å². The van der Waals surface area contributed by atoms with E-state index in [1.165, 1.54) is 17.7 Å². The van der Waals surface area contributed by atoms with Crippen LogP contribution in [-0.2, 0) is 11.3 Å². The molecule has 2 aromatic carbocycles. The summed E-state index contributed by atoms with van der Waals surface area (Å²) in [5.41, 5.74) is 9.06. The van der Waals surface area contributed by atoms with Crippen molar-refractivity contribution in [2.45, 2.75) is 25.6 Å². The molecule has 0 aromatic heterocycles. The Hall–Kier alpha value is -2.20. The van der Waals surface area contributed by atoms with Crippen LogP contribution in [0.5, 0.6) is 0 Å². The number of carbonyl (C=O) groups is 1. The highest BCUT2D eigenvalue weighted by molar-refractivity contribution is 5.89. The Balaban J connectivity index is 1.81. The first kappa shape index (κ1) is 13.8. The maximum atomic E-state index is 12.9. The third kappa shape index (κ3) is 2.54. The molecule has 1 aliphatic heterocycles. The maximum absolute atomic E-state index is 12.9. The molecular weight excluding hydrogens is 267 g/mol. The van der Waals surface area contributed by atoms with Gasteiger partial charge in [-0.1, -0.05) is 42.0 Å². The number of β-lactam (4-membered cyclic amide) rings is 1. The van der Waals surface area contributed by atoms with E-state index in [4.69, 9.17) is 5.73 Å². The van der Waals surface area contributed by atoms with E-state index in [1.807, 2.05) is 31.2 Å². The molecule has 1 saturated heterocycles. The van der Waals surface area contributed by atoms with Gasteiger partial charge in [0.25, 0.3) is 0 Å². The fourth-order valence-electron chi connectivity index (χ4n) is 2.69. The van der Waals surface area contributed by atoms with Gasteiger partial charge in [0.2, 0.25) is 5.91 Å². The van der Waals surface area contributed by atoms with Crippen LogP contribution in [0.1, 0.15) is 22.7 Å². The molecule has 3 rings (SSSR count). The zero-order valence-electron chi connectivity index (χ0n) is 11.8. The van der Waals surface area contributed by atoms with Gasteiger partial charge in [0.15, 0.2) is 0 Å². The minimum atomic E-state index is -0.492. The first-order valence-corrected chi connectivity index (χ1v) is 6.93. The third-order valence-corrected chi connectivity index (χ3v) is 3.93. The molecule has 0 spiro atoms. The van der Waals surface area contributed by atoms with Crippen molar-refractivity contribution in [1.82, 2.24) is 4.90 Å². The van der Waals surface area contributed by atoms with Crippen LogP contribution in [0.2, 0.25) is 0 Å². The van der Waals surface area contributed by atoms with E-state index in [1.54, 1.807) is 17.0 Å². The van der Waals surface area contributed by atoms with Crippen LogP contribution in [0.25, 0.3) is 0 Å². The summed E-state index contributed by atoms with van der Waals surface area (Å²) in [5, 5.41) is 0. The highest BCUT2D eigenvalue weighted by atomic mass is 19.1. The molecule has 0 bridgehead atoms. The number of carbonyl (C=O) groups excluding carboxylic acids is 1. The summed E-state index contributed by atoms with van der Waals surface area (Å²) in [6.45, 7) is 2.47. The second kappa shape index (κ2) is 5.30. The summed E-state index contributed by atoms with van der Waals surface area (Å²) >= 11 is 0. The molecule has 21 heavy (non-hydrogen) atoms. The predicted molar refractivity (Wildman–Crippen MR) is 78.8 cm³/mol. The zero-order chi connectivity index (χ0) is 15.0. The van der Waals surface area contributed by atoms with Gasteiger partial charge in [-0.3, -0.25) is 4.79 Å². The average Bonchev–Trinajstić information content (AvgIpc) is 2.50. The van der Waals surface area contributed by atoms with E-state index in [0.29, 0.717) is 6.54 Å². The summed E-state index contributed by atoms with van der Waals surface area (Å²) in [5.74, 6) is -0.342. The van der Waals surface area contributed by atoms with Gasteiger partial charge in [-0.25, -0.2) is 4.39 Å². The molecule has 0 unspecified atom stereocenters. The van der Waals surface area contributed by atoms with Crippen molar-refractivity contribution in [2.75, 3.05) is 0 Å². The first-order valence-electron chi connectivity index (χ1n) is 6.93. The Morgan fingerprint density at radius 1 is 1.10 bits per heavy atom. The van der Waals surface area contributed by atoms with Gasteiger partial charge in [0.05, 0.1) is 6.04 Å². The Morgan fingerprint density at radius 2 is 1.71 bits per heavy atom. The lowest BCUT2D eigenvalue weighted by Crippen LogP contribution is -2.62. The number of amides is 1. The van der Waals surface area contributed by atoms with Gasteiger partial charge in [0, 0.05) is 6.54 Å². The summed E-state index contributed by atoms with van der Waals surface area (Å²) in [6, 6.07) is 13.6. The quantitative estimate of drug-likeness (QED) is 0.880. The predicted octanol–water partition coefficient (Wildman–Crippen LogP) is 2.54. The number of benzene rings is 2. The van der Waals surface area contributed by atoms with Crippen LogP contribution in [0, 0.1) is 12.7 Å². The van der Waals surface area contributed by atoms with Crippen molar-refractivity contribution in [3.05, 3.63) is 71.0 Å². The van der Waals surface area contributed by atoms with E-state index in [2.05, 4.69) is 0 Å². The standard InChI is InChI=1S/C17H17FN2O/c1-11-2-6-13(7-3-11)16-15(19)17(21)20(16)10-12-4-8-14(18)9-5-12/h2-9,15-16H,10,19H2,1H3/t15-,16-/m0/s1. The minimum Gasteiger partial charge on any atom is -0.328 e. The van der Waals surface area contributed by atoms with E-state index in [-0.39, 0.29) is 17.8 Å². The minimum absolute atomic E-state index is 0.0649. The highest BCUT2D eigenvalue weighted by Crippen LogP contribution is 2.35. The van der Waals surface area contributed by atoms with Crippen molar-refractivity contribution >= 4 is 5.91 Å². The lowest BCUT2D eigenvalue weighted by molar-refractivity contribution is -0.150. The van der Waals surface area contributed by atoms with Crippen LogP contribution < -0.4 is 5.73 Å². The Bertz CT molecular complexity index is 651. The third-order valence-electron chi connectivity index (χ3n) is 3.93. The molecule has 0 aliphatic carbocycles. The number of nitrogens with two attached hydrogens (primary N) is 1. The summed E-state index contributed by atoms with van der Waals surface area (Å²) < 4.78 is 12.9. The smallest absolute Gasteiger partial charge is 0.242 e. The molecule has 0 radical (unpaired) electrons. The summed E-state index contributed by atoms with van der Waals surface area (Å²) in [6.07, 6.45) is 0. The van der Waals surface area contributed by atoms with Gasteiger partial charge < -0.3 is 10.6 Å². The Morgan fingerprint density at radius 3 is 2.33 bits per heavy atom.